The first-order valence-corrected chi connectivity index (χ1v) is 8.89. The van der Waals surface area contributed by atoms with Gasteiger partial charge in [0.25, 0.3) is 5.91 Å². The van der Waals surface area contributed by atoms with E-state index < -0.39 is 17.5 Å². The number of urea groups is 1. The molecule has 1 aromatic rings. The molecule has 24 heavy (non-hydrogen) atoms. The highest BCUT2D eigenvalue weighted by Gasteiger charge is 2.50. The van der Waals surface area contributed by atoms with Gasteiger partial charge in [-0.05, 0) is 25.8 Å². The predicted molar refractivity (Wildman–Crippen MR) is 92.1 cm³/mol. The molecule has 0 bridgehead atoms. The van der Waals surface area contributed by atoms with Crippen molar-refractivity contribution in [2.45, 2.75) is 44.2 Å². The van der Waals surface area contributed by atoms with E-state index in [1.807, 2.05) is 12.1 Å². The third kappa shape index (κ3) is 3.05. The number of halogens is 1. The second-order valence-electron chi connectivity index (χ2n) is 6.48. The minimum absolute atomic E-state index is 0.160. The molecule has 2 aliphatic rings. The lowest BCUT2D eigenvalue weighted by atomic mass is 9.92. The zero-order valence-corrected chi connectivity index (χ0v) is 15.1. The Kier molecular flexibility index (Phi) is 4.62. The number of nitrogens with zero attached hydrogens (tertiary/aromatic N) is 1. The molecular formula is C17H20BrN3O3. The quantitative estimate of drug-likeness (QED) is 0.770. The van der Waals surface area contributed by atoms with Crippen LogP contribution in [0.2, 0.25) is 0 Å². The second kappa shape index (κ2) is 6.55. The van der Waals surface area contributed by atoms with Gasteiger partial charge in [0.05, 0.1) is 0 Å². The van der Waals surface area contributed by atoms with Crippen LogP contribution in [0, 0.1) is 0 Å². The summed E-state index contributed by atoms with van der Waals surface area (Å²) in [6.07, 6.45) is 4.13. The molecule has 4 amide bonds. The Hall–Kier alpha value is -1.89. The van der Waals surface area contributed by atoms with Gasteiger partial charge in [-0.3, -0.25) is 14.5 Å². The first kappa shape index (κ1) is 17.0. The zero-order chi connectivity index (χ0) is 17.3. The normalized spacial score (nSPS) is 24.3. The van der Waals surface area contributed by atoms with Crippen molar-refractivity contribution < 1.29 is 14.4 Å². The summed E-state index contributed by atoms with van der Waals surface area (Å²) >= 11 is 3.42. The van der Waals surface area contributed by atoms with Crippen molar-refractivity contribution in [3.05, 3.63) is 34.3 Å². The van der Waals surface area contributed by atoms with Gasteiger partial charge in [-0.2, -0.15) is 0 Å². The molecule has 1 heterocycles. The van der Waals surface area contributed by atoms with Crippen LogP contribution in [0.4, 0.5) is 4.79 Å². The summed E-state index contributed by atoms with van der Waals surface area (Å²) in [6.45, 7) is 1.41. The third-order valence-electron chi connectivity index (χ3n) is 4.71. The monoisotopic (exact) mass is 393 g/mol. The van der Waals surface area contributed by atoms with Crippen LogP contribution in [0.1, 0.15) is 38.2 Å². The van der Waals surface area contributed by atoms with E-state index in [1.165, 1.54) is 0 Å². The molecule has 6 nitrogen and oxygen atoms in total. The van der Waals surface area contributed by atoms with E-state index in [2.05, 4.69) is 26.6 Å². The van der Waals surface area contributed by atoms with Gasteiger partial charge in [0, 0.05) is 16.1 Å². The highest BCUT2D eigenvalue weighted by atomic mass is 79.9. The van der Waals surface area contributed by atoms with Gasteiger partial charge in [-0.1, -0.05) is 47.0 Å². The molecule has 0 radical (unpaired) electrons. The van der Waals surface area contributed by atoms with Gasteiger partial charge in [0.1, 0.15) is 12.1 Å². The average molecular weight is 394 g/mol. The van der Waals surface area contributed by atoms with E-state index in [4.69, 9.17) is 0 Å². The second-order valence-corrected chi connectivity index (χ2v) is 7.33. The number of rotatable bonds is 4. The number of carbonyl (C=O) groups is 3. The van der Waals surface area contributed by atoms with Crippen molar-refractivity contribution in [2.75, 3.05) is 6.54 Å². The van der Waals surface area contributed by atoms with Crippen LogP contribution in [0.5, 0.6) is 0 Å². The Labute approximate surface area is 149 Å². The molecule has 3 rings (SSSR count). The Balaban J connectivity index is 1.74. The third-order valence-corrected chi connectivity index (χ3v) is 5.40. The van der Waals surface area contributed by atoms with Crippen LogP contribution in [-0.4, -0.2) is 35.3 Å². The summed E-state index contributed by atoms with van der Waals surface area (Å²) in [7, 11) is 0. The molecule has 1 unspecified atom stereocenters. The van der Waals surface area contributed by atoms with E-state index in [-0.39, 0.29) is 18.5 Å². The molecule has 1 saturated carbocycles. The highest BCUT2D eigenvalue weighted by Crippen LogP contribution is 2.33. The Morgan fingerprint density at radius 2 is 2.00 bits per heavy atom. The Morgan fingerprint density at radius 3 is 2.67 bits per heavy atom. The fourth-order valence-electron chi connectivity index (χ4n) is 3.38. The fraction of sp³-hybridized carbons (Fsp3) is 0.471. The molecule has 7 heteroatoms. The number of hydrogen-bond acceptors (Lipinski definition) is 3. The molecule has 1 atom stereocenters. The number of hydrogen-bond donors (Lipinski definition) is 2. The minimum atomic E-state index is -1.18. The lowest BCUT2D eigenvalue weighted by Gasteiger charge is -2.23. The molecular weight excluding hydrogens is 374 g/mol. The fourth-order valence-corrected chi connectivity index (χ4v) is 4.06. The maximum absolute atomic E-state index is 12.8. The number of nitrogens with one attached hydrogen (secondary N) is 2. The lowest BCUT2D eigenvalue weighted by Crippen LogP contribution is -2.45. The first-order valence-electron chi connectivity index (χ1n) is 8.10. The number of benzene rings is 1. The molecule has 0 spiro atoms. The summed E-state index contributed by atoms with van der Waals surface area (Å²) in [5.41, 5.74) is -0.507. The number of imide groups is 1. The zero-order valence-electron chi connectivity index (χ0n) is 13.5. The summed E-state index contributed by atoms with van der Waals surface area (Å²) in [6, 6.07) is 6.86. The average Bonchev–Trinajstić information content (AvgIpc) is 3.11. The maximum atomic E-state index is 12.8. The summed E-state index contributed by atoms with van der Waals surface area (Å²) in [5, 5.41) is 5.62. The van der Waals surface area contributed by atoms with Gasteiger partial charge in [0.15, 0.2) is 0 Å². The van der Waals surface area contributed by atoms with E-state index in [9.17, 15) is 14.4 Å². The molecule has 1 saturated heterocycles. The SMILES string of the molecule is CC1(c2ccccc2Br)NC(=O)N(CC(=O)NC2CCCC2)C1=O. The smallest absolute Gasteiger partial charge is 0.325 e. The van der Waals surface area contributed by atoms with Crippen LogP contribution in [0.25, 0.3) is 0 Å². The maximum Gasteiger partial charge on any atom is 0.325 e. The standard InChI is InChI=1S/C17H20BrN3O3/c1-17(12-8-4-5-9-13(12)18)15(23)21(16(24)20-17)10-14(22)19-11-6-2-3-7-11/h4-5,8-9,11H,2-3,6-7,10H2,1H3,(H,19,22)(H,20,24). The number of amides is 4. The highest BCUT2D eigenvalue weighted by molar-refractivity contribution is 9.10. The first-order chi connectivity index (χ1) is 11.4. The lowest BCUT2D eigenvalue weighted by molar-refractivity contribution is -0.135. The van der Waals surface area contributed by atoms with E-state index in [0.29, 0.717) is 5.56 Å². The summed E-state index contributed by atoms with van der Waals surface area (Å²) < 4.78 is 0.735. The number of carbonyl (C=O) groups excluding carboxylic acids is 3. The molecule has 0 aromatic heterocycles. The minimum Gasteiger partial charge on any atom is -0.352 e. The van der Waals surface area contributed by atoms with Gasteiger partial charge >= 0.3 is 6.03 Å². The molecule has 1 aliphatic heterocycles. The van der Waals surface area contributed by atoms with Crippen LogP contribution in [-0.2, 0) is 15.1 Å². The van der Waals surface area contributed by atoms with Gasteiger partial charge in [-0.15, -0.1) is 0 Å². The molecule has 1 aromatic carbocycles. The van der Waals surface area contributed by atoms with Crippen molar-refractivity contribution in [3.63, 3.8) is 0 Å². The van der Waals surface area contributed by atoms with Crippen molar-refractivity contribution >= 4 is 33.8 Å². The largest absolute Gasteiger partial charge is 0.352 e. The summed E-state index contributed by atoms with van der Waals surface area (Å²) in [5.74, 6) is -0.706. The predicted octanol–water partition coefficient (Wildman–Crippen LogP) is 2.27. The molecule has 2 fully saturated rings. The van der Waals surface area contributed by atoms with E-state index >= 15 is 0 Å². The van der Waals surface area contributed by atoms with Gasteiger partial charge < -0.3 is 10.6 Å². The van der Waals surface area contributed by atoms with E-state index in [1.54, 1.807) is 19.1 Å². The van der Waals surface area contributed by atoms with Crippen LogP contribution >= 0.6 is 15.9 Å². The van der Waals surface area contributed by atoms with Crippen molar-refractivity contribution in [2.24, 2.45) is 0 Å². The van der Waals surface area contributed by atoms with Crippen LogP contribution in [0.15, 0.2) is 28.7 Å². The van der Waals surface area contributed by atoms with Crippen molar-refractivity contribution in [3.8, 4) is 0 Å². The van der Waals surface area contributed by atoms with Gasteiger partial charge in [0.2, 0.25) is 5.91 Å². The van der Waals surface area contributed by atoms with Crippen LogP contribution in [0.3, 0.4) is 0 Å². The van der Waals surface area contributed by atoms with E-state index in [0.717, 1.165) is 35.1 Å². The van der Waals surface area contributed by atoms with Crippen molar-refractivity contribution in [1.29, 1.82) is 0 Å². The molecule has 2 N–H and O–H groups in total. The Bertz CT molecular complexity index is 687. The summed E-state index contributed by atoms with van der Waals surface area (Å²) in [4.78, 5) is 38.2. The molecule has 1 aliphatic carbocycles. The van der Waals surface area contributed by atoms with Crippen molar-refractivity contribution in [1.82, 2.24) is 15.5 Å². The van der Waals surface area contributed by atoms with Gasteiger partial charge in [-0.25, -0.2) is 4.79 Å². The topological polar surface area (TPSA) is 78.5 Å². The van der Waals surface area contributed by atoms with Crippen LogP contribution < -0.4 is 10.6 Å². The Morgan fingerprint density at radius 1 is 1.33 bits per heavy atom. The molecule has 128 valence electrons.